The van der Waals surface area contributed by atoms with Gasteiger partial charge in [0.05, 0.1) is 0 Å². The lowest BCUT2D eigenvalue weighted by Gasteiger charge is -1.69. The predicted molar refractivity (Wildman–Crippen MR) is 119 cm³/mol. The van der Waals surface area contributed by atoms with Gasteiger partial charge in [-0.3, -0.25) is 0 Å². The minimum absolute atomic E-state index is 0.250. The molecule has 0 aliphatic carbocycles. The van der Waals surface area contributed by atoms with E-state index in [-0.39, 0.29) is 6.61 Å². The molecule has 0 fully saturated rings. The topological polar surface area (TPSA) is 20.2 Å². The Bertz CT molecular complexity index is 95.2. The summed E-state index contributed by atoms with van der Waals surface area (Å²) in [6.07, 6.45) is 0. The van der Waals surface area contributed by atoms with E-state index in [1.165, 1.54) is 0 Å². The molecule has 0 radical (unpaired) electrons. The van der Waals surface area contributed by atoms with Crippen LogP contribution in [0.3, 0.4) is 0 Å². The van der Waals surface area contributed by atoms with Gasteiger partial charge in [-0.15, -0.1) is 0 Å². The third kappa shape index (κ3) is 837. The molecule has 0 aliphatic rings. The Kier molecular flexibility index (Phi) is 74.0. The second-order valence-corrected chi connectivity index (χ2v) is 11.5. The van der Waals surface area contributed by atoms with E-state index in [0.717, 1.165) is 0 Å². The van der Waals surface area contributed by atoms with Crippen molar-refractivity contribution in [1.29, 1.82) is 0 Å². The molecule has 0 amide bonds. The van der Waals surface area contributed by atoms with Gasteiger partial charge in [-0.05, 0) is 6.92 Å². The SMILES string of the molecule is CCO.ClC(Cl)Cl.ClC(Cl)Cl.ClC(Cl)Cl.ClC(Cl)Cl.ClC(Cl)Cl. The van der Waals surface area contributed by atoms with Crippen molar-refractivity contribution in [2.24, 2.45) is 0 Å². The van der Waals surface area contributed by atoms with E-state index in [4.69, 9.17) is 179 Å². The fraction of sp³-hybridized carbons (Fsp3) is 1.00. The van der Waals surface area contributed by atoms with Crippen LogP contribution in [0.4, 0.5) is 0 Å². The molecule has 23 heavy (non-hydrogen) atoms. The van der Waals surface area contributed by atoms with Gasteiger partial charge >= 0.3 is 0 Å². The molecule has 0 unspecified atom stereocenters. The molecule has 0 atom stereocenters. The maximum atomic E-state index is 7.57. The third-order valence-corrected chi connectivity index (χ3v) is 0. The lowest BCUT2D eigenvalue weighted by molar-refractivity contribution is 0.318. The molecule has 0 heterocycles. The van der Waals surface area contributed by atoms with Crippen LogP contribution in [-0.2, 0) is 0 Å². The van der Waals surface area contributed by atoms with Crippen molar-refractivity contribution < 1.29 is 5.11 Å². The van der Waals surface area contributed by atoms with Crippen molar-refractivity contribution in [3.05, 3.63) is 0 Å². The van der Waals surface area contributed by atoms with Crippen molar-refractivity contribution in [2.75, 3.05) is 6.61 Å². The Labute approximate surface area is 211 Å². The first-order valence-corrected chi connectivity index (χ1v) is 10.8. The maximum Gasteiger partial charge on any atom is 0.180 e. The van der Waals surface area contributed by atoms with Crippen molar-refractivity contribution in [3.8, 4) is 0 Å². The number of hydrogen-bond donors (Lipinski definition) is 1. The Hall–Kier alpha value is 4.31. The highest BCUT2D eigenvalue weighted by Gasteiger charge is 1.80. The van der Waals surface area contributed by atoms with Crippen molar-refractivity contribution >= 4 is 174 Å². The van der Waals surface area contributed by atoms with E-state index in [1.807, 2.05) is 0 Å². The van der Waals surface area contributed by atoms with E-state index >= 15 is 0 Å². The van der Waals surface area contributed by atoms with E-state index < -0.39 is 21.5 Å². The number of halogens is 15. The number of aliphatic hydroxyl groups excluding tert-OH is 1. The summed E-state index contributed by atoms with van der Waals surface area (Å²) in [7, 11) is 0. The van der Waals surface area contributed by atoms with E-state index in [9.17, 15) is 0 Å². The monoisotopic (exact) mass is 636 g/mol. The van der Waals surface area contributed by atoms with Gasteiger partial charge in [0.15, 0.2) is 21.5 Å². The fourth-order valence-corrected chi connectivity index (χ4v) is 0. The van der Waals surface area contributed by atoms with E-state index in [1.54, 1.807) is 6.92 Å². The third-order valence-electron chi connectivity index (χ3n) is 0. The summed E-state index contributed by atoms with van der Waals surface area (Å²) in [4.78, 5) is 0. The van der Waals surface area contributed by atoms with Crippen LogP contribution in [0.1, 0.15) is 6.92 Å². The molecule has 0 saturated carbocycles. The van der Waals surface area contributed by atoms with Crippen LogP contribution in [-0.4, -0.2) is 33.2 Å². The van der Waals surface area contributed by atoms with E-state index in [0.29, 0.717) is 0 Å². The highest BCUT2D eigenvalue weighted by Crippen LogP contribution is 2.05. The molecule has 1 N–H and O–H groups in total. The van der Waals surface area contributed by atoms with Gasteiger partial charge in [0.25, 0.3) is 0 Å². The summed E-state index contributed by atoms with van der Waals surface area (Å²) < 4.78 is -3.75. The largest absolute Gasteiger partial charge is 0.397 e. The van der Waals surface area contributed by atoms with Gasteiger partial charge < -0.3 is 5.11 Å². The fourth-order valence-electron chi connectivity index (χ4n) is 0. The molecule has 0 saturated heterocycles. The highest BCUT2D eigenvalue weighted by molar-refractivity contribution is 6.64. The molecule has 0 aromatic carbocycles. The first kappa shape index (κ1) is 41.6. The number of rotatable bonds is 0. The summed E-state index contributed by atoms with van der Waals surface area (Å²) in [6, 6.07) is 0. The second kappa shape index (κ2) is 40.9. The Morgan fingerprint density at radius 3 is 0.435 bits per heavy atom. The number of alkyl halides is 15. The first-order chi connectivity index (χ1) is 10.1. The van der Waals surface area contributed by atoms with Crippen molar-refractivity contribution in [1.82, 2.24) is 0 Å². The number of hydrogen-bond acceptors (Lipinski definition) is 1. The molecule has 0 rings (SSSR count). The van der Waals surface area contributed by atoms with Crippen LogP contribution in [0.25, 0.3) is 0 Å². The van der Waals surface area contributed by atoms with Gasteiger partial charge in [0.1, 0.15) is 0 Å². The normalized spacial score (nSPS) is 8.61. The molecule has 0 bridgehead atoms. The molecule has 0 aromatic rings. The van der Waals surface area contributed by atoms with Gasteiger partial charge in [-0.2, -0.15) is 0 Å². The first-order valence-electron chi connectivity index (χ1n) is 4.30. The Morgan fingerprint density at radius 2 is 0.435 bits per heavy atom. The molecule has 0 spiro atoms. The molecular formula is C7H11Cl15O. The summed E-state index contributed by atoms with van der Waals surface area (Å²) in [5.41, 5.74) is 0. The quantitative estimate of drug-likeness (QED) is 0.261. The van der Waals surface area contributed by atoms with Gasteiger partial charge in [0, 0.05) is 6.61 Å². The van der Waals surface area contributed by atoms with Crippen LogP contribution in [0.2, 0.25) is 0 Å². The minimum atomic E-state index is -0.750. The highest BCUT2D eigenvalue weighted by atomic mass is 35.6. The second-order valence-electron chi connectivity index (χ2n) is 1.55. The molecule has 16 heteroatoms. The zero-order chi connectivity index (χ0) is 20.6. The van der Waals surface area contributed by atoms with Crippen LogP contribution < -0.4 is 0 Å². The van der Waals surface area contributed by atoms with Crippen molar-refractivity contribution in [3.63, 3.8) is 0 Å². The molecule has 0 aromatic heterocycles. The zero-order valence-electron chi connectivity index (χ0n) is 10.7. The molecule has 150 valence electrons. The average Bonchev–Trinajstić information content (AvgIpc) is 2.11. The van der Waals surface area contributed by atoms with Crippen LogP contribution in [0.15, 0.2) is 0 Å². The average molecular weight is 643 g/mol. The lowest BCUT2D eigenvalue weighted by atomic mass is 10.9. The lowest BCUT2D eigenvalue weighted by Crippen LogP contribution is -1.57. The number of aliphatic hydroxyl groups is 1. The van der Waals surface area contributed by atoms with E-state index in [2.05, 4.69) is 0 Å². The summed E-state index contributed by atoms with van der Waals surface area (Å²) in [5, 5.41) is 7.57. The van der Waals surface area contributed by atoms with Gasteiger partial charge in [0.2, 0.25) is 0 Å². The summed E-state index contributed by atoms with van der Waals surface area (Å²) in [5.74, 6) is 0. The zero-order valence-corrected chi connectivity index (χ0v) is 22.0. The Morgan fingerprint density at radius 1 is 0.435 bits per heavy atom. The Balaban J connectivity index is -0.0000000378. The van der Waals surface area contributed by atoms with Gasteiger partial charge in [-0.25, -0.2) is 0 Å². The summed E-state index contributed by atoms with van der Waals surface area (Å²) >= 11 is 72.1. The molecule has 0 aliphatic heterocycles. The van der Waals surface area contributed by atoms with Crippen LogP contribution >= 0.6 is 174 Å². The maximum absolute atomic E-state index is 7.57. The van der Waals surface area contributed by atoms with Crippen molar-refractivity contribution in [2.45, 2.75) is 28.4 Å². The molecule has 1 nitrogen and oxygen atoms in total. The predicted octanol–water partition coefficient (Wildman–Crippen LogP) is 9.93. The smallest absolute Gasteiger partial charge is 0.180 e. The van der Waals surface area contributed by atoms with Gasteiger partial charge in [-0.1, -0.05) is 174 Å². The minimum Gasteiger partial charge on any atom is -0.397 e. The summed E-state index contributed by atoms with van der Waals surface area (Å²) in [6.45, 7) is 1.93. The van der Waals surface area contributed by atoms with Crippen LogP contribution in [0, 0.1) is 0 Å². The standard InChI is InChI=1S/C2H6O.5CHCl3/c1-2-3;5*2-1(3)4/h3H,2H2,1H3;5*1H. The molecular weight excluding hydrogens is 632 g/mol. The van der Waals surface area contributed by atoms with Crippen LogP contribution in [0.5, 0.6) is 0 Å².